The Labute approximate surface area is 133 Å². The largest absolute Gasteiger partial charge is 0.484 e. The topological polar surface area (TPSA) is 50.4 Å². The number of nitrogens with one attached hydrogen (secondary N) is 2. The number of carbonyl (C=O) groups excluding carboxylic acids is 1. The molecule has 122 valence electrons. The highest BCUT2D eigenvalue weighted by Crippen LogP contribution is 2.13. The fourth-order valence-electron chi connectivity index (χ4n) is 1.93. The third-order valence-corrected chi connectivity index (χ3v) is 3.23. The van der Waals surface area contributed by atoms with Crippen molar-refractivity contribution in [1.82, 2.24) is 10.6 Å². The summed E-state index contributed by atoms with van der Waals surface area (Å²) in [6, 6.07) is 10.8. The second-order valence-electron chi connectivity index (χ2n) is 4.95. The van der Waals surface area contributed by atoms with Gasteiger partial charge in [0.25, 0.3) is 5.91 Å². The van der Waals surface area contributed by atoms with Gasteiger partial charge in [-0.2, -0.15) is 0 Å². The lowest BCUT2D eigenvalue weighted by molar-refractivity contribution is -0.122. The fourth-order valence-corrected chi connectivity index (χ4v) is 1.93. The lowest BCUT2D eigenvalue weighted by atomic mass is 10.2. The summed E-state index contributed by atoms with van der Waals surface area (Å²) in [5.74, 6) is -0.743. The van der Waals surface area contributed by atoms with Crippen molar-refractivity contribution in [1.29, 1.82) is 0 Å². The lowest BCUT2D eigenvalue weighted by Gasteiger charge is -2.08. The van der Waals surface area contributed by atoms with Crippen LogP contribution in [0, 0.1) is 11.6 Å². The van der Waals surface area contributed by atoms with Crippen LogP contribution in [0.15, 0.2) is 42.5 Å². The molecule has 0 unspecified atom stereocenters. The molecule has 2 rings (SSSR count). The average Bonchev–Trinajstić information content (AvgIpc) is 2.55. The first-order chi connectivity index (χ1) is 11.1. The first-order valence-electron chi connectivity index (χ1n) is 7.15. The molecule has 1 amide bonds. The van der Waals surface area contributed by atoms with Crippen LogP contribution in [0.5, 0.6) is 5.75 Å². The molecule has 0 saturated carbocycles. The zero-order valence-electron chi connectivity index (χ0n) is 12.7. The van der Waals surface area contributed by atoms with Crippen molar-refractivity contribution in [2.24, 2.45) is 0 Å². The Kier molecular flexibility index (Phi) is 6.05. The molecule has 0 radical (unpaired) electrons. The van der Waals surface area contributed by atoms with Gasteiger partial charge in [-0.1, -0.05) is 18.2 Å². The summed E-state index contributed by atoms with van der Waals surface area (Å²) in [5.41, 5.74) is 1.40. The van der Waals surface area contributed by atoms with E-state index >= 15 is 0 Å². The molecule has 0 bridgehead atoms. The molecule has 23 heavy (non-hydrogen) atoms. The van der Waals surface area contributed by atoms with Gasteiger partial charge < -0.3 is 15.4 Å². The number of rotatable bonds is 7. The van der Waals surface area contributed by atoms with Gasteiger partial charge in [0, 0.05) is 31.8 Å². The van der Waals surface area contributed by atoms with Gasteiger partial charge in [-0.05, 0) is 23.8 Å². The molecule has 0 aliphatic carbocycles. The van der Waals surface area contributed by atoms with Crippen molar-refractivity contribution >= 4 is 5.91 Å². The van der Waals surface area contributed by atoms with Crippen LogP contribution in [0.2, 0.25) is 0 Å². The summed E-state index contributed by atoms with van der Waals surface area (Å²) in [6.07, 6.45) is 0. The number of halogens is 2. The second kappa shape index (κ2) is 8.24. The average molecular weight is 320 g/mol. The summed E-state index contributed by atoms with van der Waals surface area (Å²) in [6.45, 7) is 0.811. The van der Waals surface area contributed by atoms with Gasteiger partial charge in [0.05, 0.1) is 0 Å². The maximum Gasteiger partial charge on any atom is 0.257 e. The Morgan fingerprint density at radius 1 is 1.09 bits per heavy atom. The van der Waals surface area contributed by atoms with Gasteiger partial charge in [0.2, 0.25) is 0 Å². The number of amides is 1. The molecule has 0 saturated heterocycles. The van der Waals surface area contributed by atoms with Crippen LogP contribution in [0.4, 0.5) is 8.78 Å². The third-order valence-electron chi connectivity index (χ3n) is 3.23. The highest BCUT2D eigenvalue weighted by atomic mass is 19.1. The monoisotopic (exact) mass is 320 g/mol. The SMILES string of the molecule is CNC(=O)COc1ccc(CNCc2ccc(F)cc2F)cc1. The van der Waals surface area contributed by atoms with Gasteiger partial charge in [-0.25, -0.2) is 8.78 Å². The molecule has 4 nitrogen and oxygen atoms in total. The molecular formula is C17H18F2N2O2. The van der Waals surface area contributed by atoms with E-state index in [-0.39, 0.29) is 12.5 Å². The highest BCUT2D eigenvalue weighted by molar-refractivity contribution is 5.77. The van der Waals surface area contributed by atoms with Crippen LogP contribution in [0.1, 0.15) is 11.1 Å². The van der Waals surface area contributed by atoms with E-state index in [4.69, 9.17) is 4.74 Å². The summed E-state index contributed by atoms with van der Waals surface area (Å²) in [4.78, 5) is 11.1. The van der Waals surface area contributed by atoms with Crippen molar-refractivity contribution in [2.75, 3.05) is 13.7 Å². The molecule has 0 aromatic heterocycles. The molecule has 0 spiro atoms. The Morgan fingerprint density at radius 2 is 1.83 bits per heavy atom. The first kappa shape index (κ1) is 16.9. The summed E-state index contributed by atoms with van der Waals surface area (Å²) < 4.78 is 31.6. The predicted octanol–water partition coefficient (Wildman–Crippen LogP) is 2.38. The van der Waals surface area contributed by atoms with Crippen LogP contribution in [-0.4, -0.2) is 19.6 Å². The van der Waals surface area contributed by atoms with Gasteiger partial charge in [0.1, 0.15) is 17.4 Å². The lowest BCUT2D eigenvalue weighted by Crippen LogP contribution is -2.24. The van der Waals surface area contributed by atoms with E-state index in [9.17, 15) is 13.6 Å². The van der Waals surface area contributed by atoms with E-state index in [2.05, 4.69) is 10.6 Å². The molecule has 0 atom stereocenters. The zero-order chi connectivity index (χ0) is 16.7. The van der Waals surface area contributed by atoms with Gasteiger partial charge in [-0.15, -0.1) is 0 Å². The van der Waals surface area contributed by atoms with E-state index in [0.717, 1.165) is 11.6 Å². The Bertz CT molecular complexity index is 660. The minimum Gasteiger partial charge on any atom is -0.484 e. The maximum absolute atomic E-state index is 13.5. The van der Waals surface area contributed by atoms with Gasteiger partial charge in [0.15, 0.2) is 6.61 Å². The van der Waals surface area contributed by atoms with E-state index < -0.39 is 11.6 Å². The number of hydrogen-bond donors (Lipinski definition) is 2. The van der Waals surface area contributed by atoms with Gasteiger partial charge >= 0.3 is 0 Å². The number of carbonyl (C=O) groups is 1. The molecule has 0 aliphatic rings. The zero-order valence-corrected chi connectivity index (χ0v) is 12.7. The number of likely N-dealkylation sites (N-methyl/N-ethyl adjacent to an activating group) is 1. The summed E-state index contributed by atoms with van der Waals surface area (Å²) in [5, 5.41) is 5.56. The Balaban J connectivity index is 1.80. The van der Waals surface area contributed by atoms with Crippen molar-refractivity contribution in [3.05, 3.63) is 65.2 Å². The summed E-state index contributed by atoms with van der Waals surface area (Å²) >= 11 is 0. The molecule has 0 heterocycles. The van der Waals surface area contributed by atoms with Crippen LogP contribution < -0.4 is 15.4 Å². The van der Waals surface area contributed by atoms with Crippen molar-refractivity contribution in [3.8, 4) is 5.75 Å². The molecule has 0 fully saturated rings. The number of benzene rings is 2. The fraction of sp³-hybridized carbons (Fsp3) is 0.235. The second-order valence-corrected chi connectivity index (χ2v) is 4.95. The van der Waals surface area contributed by atoms with E-state index in [1.165, 1.54) is 12.1 Å². The first-order valence-corrected chi connectivity index (χ1v) is 7.15. The third kappa shape index (κ3) is 5.34. The molecule has 2 aromatic rings. The van der Waals surface area contributed by atoms with Crippen molar-refractivity contribution < 1.29 is 18.3 Å². The highest BCUT2D eigenvalue weighted by Gasteiger charge is 2.04. The predicted molar refractivity (Wildman–Crippen MR) is 82.9 cm³/mol. The Morgan fingerprint density at radius 3 is 2.48 bits per heavy atom. The molecule has 2 N–H and O–H groups in total. The normalized spacial score (nSPS) is 10.4. The van der Waals surface area contributed by atoms with Gasteiger partial charge in [-0.3, -0.25) is 4.79 Å². The smallest absolute Gasteiger partial charge is 0.257 e. The van der Waals surface area contributed by atoms with Crippen LogP contribution in [0.3, 0.4) is 0 Å². The van der Waals surface area contributed by atoms with Crippen molar-refractivity contribution in [3.63, 3.8) is 0 Å². The number of hydrogen-bond acceptors (Lipinski definition) is 3. The molecule has 2 aromatic carbocycles. The molecule has 6 heteroatoms. The molecule has 0 aliphatic heterocycles. The summed E-state index contributed by atoms with van der Waals surface area (Å²) in [7, 11) is 1.55. The van der Waals surface area contributed by atoms with Crippen LogP contribution >= 0.6 is 0 Å². The quantitative estimate of drug-likeness (QED) is 0.823. The van der Waals surface area contributed by atoms with Crippen molar-refractivity contribution in [2.45, 2.75) is 13.1 Å². The van der Waals surface area contributed by atoms with Crippen LogP contribution in [-0.2, 0) is 17.9 Å². The molecular weight excluding hydrogens is 302 g/mol. The van der Waals surface area contributed by atoms with E-state index in [1.54, 1.807) is 19.2 Å². The van der Waals surface area contributed by atoms with E-state index in [1.807, 2.05) is 12.1 Å². The van der Waals surface area contributed by atoms with Crippen LogP contribution in [0.25, 0.3) is 0 Å². The Hall–Kier alpha value is -2.47. The minimum absolute atomic E-state index is 0.0298. The van der Waals surface area contributed by atoms with E-state index in [0.29, 0.717) is 24.4 Å². The number of ether oxygens (including phenoxy) is 1. The maximum atomic E-state index is 13.5. The standard InChI is InChI=1S/C17H18F2N2O2/c1-20-17(22)11-23-15-6-2-12(3-7-15)9-21-10-13-4-5-14(18)8-16(13)19/h2-8,21H,9-11H2,1H3,(H,20,22). The minimum atomic E-state index is -0.585.